The molecule has 1 fully saturated rings. The zero-order chi connectivity index (χ0) is 13.7. The zero-order valence-electron chi connectivity index (χ0n) is 12.2. The molecule has 0 spiro atoms. The van der Waals surface area contributed by atoms with E-state index in [1.54, 1.807) is 18.4 Å². The molecule has 0 radical (unpaired) electrons. The highest BCUT2D eigenvalue weighted by Gasteiger charge is 2.26. The molecule has 1 heterocycles. The van der Waals surface area contributed by atoms with E-state index in [0.717, 1.165) is 31.3 Å². The van der Waals surface area contributed by atoms with E-state index in [4.69, 9.17) is 9.72 Å². The fraction of sp³-hybridized carbons (Fsp3) is 0.786. The first-order valence-corrected chi connectivity index (χ1v) is 7.99. The zero-order valence-corrected chi connectivity index (χ0v) is 13.0. The maximum atomic E-state index is 5.02. The van der Waals surface area contributed by atoms with Crippen molar-refractivity contribution in [1.82, 2.24) is 10.3 Å². The lowest BCUT2D eigenvalue weighted by Crippen LogP contribution is -2.32. The first kappa shape index (κ1) is 14.8. The second-order valence-electron chi connectivity index (χ2n) is 5.48. The average Bonchev–Trinajstić information content (AvgIpc) is 3.09. The molecule has 2 rings (SSSR count). The topological polar surface area (TPSA) is 37.4 Å². The van der Waals surface area contributed by atoms with Gasteiger partial charge < -0.3 is 15.0 Å². The molecule has 1 saturated carbocycles. The van der Waals surface area contributed by atoms with Crippen LogP contribution in [0.5, 0.6) is 0 Å². The van der Waals surface area contributed by atoms with Crippen molar-refractivity contribution >= 4 is 16.5 Å². The summed E-state index contributed by atoms with van der Waals surface area (Å²) in [7, 11) is 1.72. The molecule has 1 aromatic heterocycles. The van der Waals surface area contributed by atoms with Crippen molar-refractivity contribution in [1.29, 1.82) is 0 Å². The molecule has 108 valence electrons. The lowest BCUT2D eigenvalue weighted by atomic mass is 10.3. The quantitative estimate of drug-likeness (QED) is 0.707. The highest BCUT2D eigenvalue weighted by Crippen LogP contribution is 2.33. The molecular formula is C14H25N3OS. The van der Waals surface area contributed by atoms with Gasteiger partial charge in [-0.2, -0.15) is 0 Å². The highest BCUT2D eigenvalue weighted by atomic mass is 32.1. The molecule has 1 aromatic rings. The van der Waals surface area contributed by atoms with Gasteiger partial charge in [-0.15, -0.1) is 11.3 Å². The second-order valence-corrected chi connectivity index (χ2v) is 6.32. The Labute approximate surface area is 120 Å². The minimum absolute atomic E-state index is 0.529. The number of ether oxygens (including phenoxy) is 1. The molecule has 0 atom stereocenters. The van der Waals surface area contributed by atoms with Crippen LogP contribution in [0.1, 0.15) is 32.4 Å². The molecule has 0 unspecified atom stereocenters. The first-order chi connectivity index (χ1) is 9.20. The summed E-state index contributed by atoms with van der Waals surface area (Å²) in [5.74, 6) is 0.898. The van der Waals surface area contributed by atoms with Crippen LogP contribution in [0.25, 0.3) is 0 Å². The number of thiazole rings is 1. The fourth-order valence-corrected chi connectivity index (χ4v) is 2.96. The van der Waals surface area contributed by atoms with E-state index in [-0.39, 0.29) is 0 Å². The smallest absolute Gasteiger partial charge is 0.185 e. The Balaban J connectivity index is 1.86. The standard InChI is InChI=1S/C14H25N3OS/c1-11(2)17(9-12-4-5-12)14-16-13(10-19-14)8-15-6-7-18-3/h10-12,15H,4-9H2,1-3H3. The van der Waals surface area contributed by atoms with Crippen LogP contribution in [-0.2, 0) is 11.3 Å². The number of hydrogen-bond acceptors (Lipinski definition) is 5. The van der Waals surface area contributed by atoms with Gasteiger partial charge in [-0.25, -0.2) is 4.98 Å². The summed E-state index contributed by atoms with van der Waals surface area (Å²) in [4.78, 5) is 7.20. The van der Waals surface area contributed by atoms with Crippen molar-refractivity contribution in [2.75, 3.05) is 31.7 Å². The molecular weight excluding hydrogens is 258 g/mol. The van der Waals surface area contributed by atoms with Crippen molar-refractivity contribution < 1.29 is 4.74 Å². The predicted molar refractivity (Wildman–Crippen MR) is 80.9 cm³/mol. The molecule has 0 aromatic carbocycles. The Morgan fingerprint density at radius 1 is 1.53 bits per heavy atom. The number of anilines is 1. The lowest BCUT2D eigenvalue weighted by molar-refractivity contribution is 0.199. The van der Waals surface area contributed by atoms with Gasteiger partial charge in [0.1, 0.15) is 0 Å². The number of methoxy groups -OCH3 is 1. The Morgan fingerprint density at radius 2 is 2.32 bits per heavy atom. The normalized spacial score (nSPS) is 15.2. The van der Waals surface area contributed by atoms with Gasteiger partial charge in [0.05, 0.1) is 12.3 Å². The van der Waals surface area contributed by atoms with Crippen molar-refractivity contribution in [2.24, 2.45) is 5.92 Å². The number of aromatic nitrogens is 1. The molecule has 0 bridgehead atoms. The molecule has 0 aliphatic heterocycles. The molecule has 1 aliphatic carbocycles. The van der Waals surface area contributed by atoms with Crippen molar-refractivity contribution in [3.8, 4) is 0 Å². The van der Waals surface area contributed by atoms with Gasteiger partial charge in [-0.05, 0) is 32.6 Å². The third-order valence-electron chi connectivity index (χ3n) is 3.35. The van der Waals surface area contributed by atoms with Gasteiger partial charge in [0.25, 0.3) is 0 Å². The largest absolute Gasteiger partial charge is 0.383 e. The van der Waals surface area contributed by atoms with Crippen LogP contribution in [0.3, 0.4) is 0 Å². The van der Waals surface area contributed by atoms with Crippen LogP contribution in [0, 0.1) is 5.92 Å². The molecule has 5 heteroatoms. The van der Waals surface area contributed by atoms with E-state index in [1.807, 2.05) is 0 Å². The highest BCUT2D eigenvalue weighted by molar-refractivity contribution is 7.13. The second kappa shape index (κ2) is 7.22. The Bertz CT molecular complexity index is 377. The average molecular weight is 283 g/mol. The van der Waals surface area contributed by atoms with Crippen LogP contribution in [0.15, 0.2) is 5.38 Å². The monoisotopic (exact) mass is 283 g/mol. The van der Waals surface area contributed by atoms with Gasteiger partial charge in [0.2, 0.25) is 0 Å². The number of nitrogens with one attached hydrogen (secondary N) is 1. The lowest BCUT2D eigenvalue weighted by Gasteiger charge is -2.26. The Morgan fingerprint density at radius 3 is 2.95 bits per heavy atom. The van der Waals surface area contributed by atoms with Crippen molar-refractivity contribution in [3.05, 3.63) is 11.1 Å². The van der Waals surface area contributed by atoms with Crippen LogP contribution in [-0.4, -0.2) is 37.8 Å². The predicted octanol–water partition coefficient (Wildman–Crippen LogP) is 2.50. The fourth-order valence-electron chi connectivity index (χ4n) is 1.99. The number of hydrogen-bond donors (Lipinski definition) is 1. The van der Waals surface area contributed by atoms with Crippen LogP contribution in [0.4, 0.5) is 5.13 Å². The van der Waals surface area contributed by atoms with Crippen molar-refractivity contribution in [3.63, 3.8) is 0 Å². The van der Waals surface area contributed by atoms with Gasteiger partial charge >= 0.3 is 0 Å². The third kappa shape index (κ3) is 4.75. The molecule has 1 N–H and O–H groups in total. The maximum Gasteiger partial charge on any atom is 0.185 e. The number of rotatable bonds is 9. The van der Waals surface area contributed by atoms with Crippen LogP contribution >= 0.6 is 11.3 Å². The van der Waals surface area contributed by atoms with Gasteiger partial charge in [0.15, 0.2) is 5.13 Å². The first-order valence-electron chi connectivity index (χ1n) is 7.11. The maximum absolute atomic E-state index is 5.02. The minimum Gasteiger partial charge on any atom is -0.383 e. The van der Waals surface area contributed by atoms with E-state index in [0.29, 0.717) is 6.04 Å². The third-order valence-corrected chi connectivity index (χ3v) is 4.28. The molecule has 0 amide bonds. The van der Waals surface area contributed by atoms with E-state index < -0.39 is 0 Å². The molecule has 4 nitrogen and oxygen atoms in total. The molecule has 1 aliphatic rings. The minimum atomic E-state index is 0.529. The Hall–Kier alpha value is -0.650. The summed E-state index contributed by atoms with van der Waals surface area (Å²) in [6.45, 7) is 8.12. The molecule has 19 heavy (non-hydrogen) atoms. The van der Waals surface area contributed by atoms with Gasteiger partial charge in [0, 0.05) is 38.2 Å². The summed E-state index contributed by atoms with van der Waals surface area (Å²) < 4.78 is 5.02. The summed E-state index contributed by atoms with van der Waals surface area (Å²) in [6.07, 6.45) is 2.78. The van der Waals surface area contributed by atoms with Crippen LogP contribution < -0.4 is 10.2 Å². The van der Waals surface area contributed by atoms with E-state index in [1.165, 1.54) is 24.5 Å². The SMILES string of the molecule is COCCNCc1csc(N(CC2CC2)C(C)C)n1. The van der Waals surface area contributed by atoms with E-state index in [9.17, 15) is 0 Å². The van der Waals surface area contributed by atoms with E-state index >= 15 is 0 Å². The summed E-state index contributed by atoms with van der Waals surface area (Å²) in [5.41, 5.74) is 1.14. The number of nitrogens with zero attached hydrogens (tertiary/aromatic N) is 2. The molecule has 0 saturated heterocycles. The van der Waals surface area contributed by atoms with Gasteiger partial charge in [-0.1, -0.05) is 0 Å². The van der Waals surface area contributed by atoms with Crippen molar-refractivity contribution in [2.45, 2.75) is 39.3 Å². The summed E-state index contributed by atoms with van der Waals surface area (Å²) in [6, 6.07) is 0.529. The van der Waals surface area contributed by atoms with E-state index in [2.05, 4.69) is 29.4 Å². The summed E-state index contributed by atoms with van der Waals surface area (Å²) >= 11 is 1.76. The van der Waals surface area contributed by atoms with Crippen LogP contribution in [0.2, 0.25) is 0 Å². The summed E-state index contributed by atoms with van der Waals surface area (Å²) in [5, 5.41) is 6.67. The Kier molecular flexibility index (Phi) is 5.60. The van der Waals surface area contributed by atoms with Gasteiger partial charge in [-0.3, -0.25) is 0 Å².